The largest absolute Gasteiger partial charge is 0.326 e. The van der Waals surface area contributed by atoms with E-state index in [-0.39, 0.29) is 23.5 Å². The van der Waals surface area contributed by atoms with Crippen LogP contribution in [0.1, 0.15) is 25.7 Å². The summed E-state index contributed by atoms with van der Waals surface area (Å²) in [6, 6.07) is 1.77. The van der Waals surface area contributed by atoms with Gasteiger partial charge in [0.15, 0.2) is 9.84 Å². The summed E-state index contributed by atoms with van der Waals surface area (Å²) in [6.45, 7) is 0.591. The van der Waals surface area contributed by atoms with Crippen molar-refractivity contribution in [3.05, 3.63) is 0 Å². The predicted octanol–water partition coefficient (Wildman–Crippen LogP) is 0.326. The molecule has 2 aliphatic heterocycles. The van der Waals surface area contributed by atoms with Crippen molar-refractivity contribution < 1.29 is 13.2 Å². The van der Waals surface area contributed by atoms with E-state index in [2.05, 4.69) is 6.07 Å². The number of hydrogen-bond donors (Lipinski definition) is 0. The van der Waals surface area contributed by atoms with E-state index in [9.17, 15) is 13.2 Å². The van der Waals surface area contributed by atoms with Gasteiger partial charge in [-0.3, -0.25) is 4.79 Å². The molecule has 0 N–H and O–H groups in total. The van der Waals surface area contributed by atoms with Gasteiger partial charge in [0, 0.05) is 6.54 Å². The Kier molecular flexibility index (Phi) is 3.38. The molecule has 2 aliphatic rings. The summed E-state index contributed by atoms with van der Waals surface area (Å²) in [4.78, 5) is 13.7. The van der Waals surface area contributed by atoms with E-state index in [4.69, 9.17) is 5.26 Å². The van der Waals surface area contributed by atoms with E-state index in [1.807, 2.05) is 0 Å². The highest BCUT2D eigenvalue weighted by molar-refractivity contribution is 7.91. The Morgan fingerprint density at radius 1 is 1.29 bits per heavy atom. The fourth-order valence-electron chi connectivity index (χ4n) is 2.55. The van der Waals surface area contributed by atoms with Gasteiger partial charge in [-0.05, 0) is 25.7 Å². The highest BCUT2D eigenvalue weighted by atomic mass is 32.2. The highest BCUT2D eigenvalue weighted by Gasteiger charge is 2.38. The molecule has 2 saturated heterocycles. The second kappa shape index (κ2) is 4.65. The number of piperidine rings is 1. The van der Waals surface area contributed by atoms with Crippen molar-refractivity contribution in [2.24, 2.45) is 5.92 Å². The van der Waals surface area contributed by atoms with Crippen molar-refractivity contribution in [1.29, 1.82) is 5.26 Å². The molecule has 0 aromatic carbocycles. The maximum absolute atomic E-state index is 12.2. The molecule has 0 radical (unpaired) electrons. The van der Waals surface area contributed by atoms with Crippen molar-refractivity contribution in [2.45, 2.75) is 31.7 Å². The van der Waals surface area contributed by atoms with Gasteiger partial charge in [-0.1, -0.05) is 0 Å². The first-order valence-corrected chi connectivity index (χ1v) is 7.76. The number of nitriles is 1. The van der Waals surface area contributed by atoms with Crippen LogP contribution in [0.15, 0.2) is 0 Å². The van der Waals surface area contributed by atoms with Crippen LogP contribution in [0.2, 0.25) is 0 Å². The van der Waals surface area contributed by atoms with E-state index < -0.39 is 15.8 Å². The third kappa shape index (κ3) is 2.60. The Bertz CT molecular complexity index is 452. The first-order valence-electron chi connectivity index (χ1n) is 5.94. The van der Waals surface area contributed by atoms with E-state index in [0.29, 0.717) is 19.4 Å². The van der Waals surface area contributed by atoms with Gasteiger partial charge in [-0.25, -0.2) is 8.42 Å². The standard InChI is InChI=1S/C11H16N2O3S/c12-7-10-3-1-2-5-13(10)11(14)9-4-6-17(15,16)8-9/h9-10H,1-6,8H2. The lowest BCUT2D eigenvalue weighted by atomic mass is 9.99. The number of carbonyl (C=O) groups is 1. The van der Waals surface area contributed by atoms with Crippen LogP contribution < -0.4 is 0 Å². The molecule has 5 nitrogen and oxygen atoms in total. The minimum atomic E-state index is -3.03. The highest BCUT2D eigenvalue weighted by Crippen LogP contribution is 2.25. The van der Waals surface area contributed by atoms with Crippen LogP contribution in [-0.2, 0) is 14.6 Å². The summed E-state index contributed by atoms with van der Waals surface area (Å²) >= 11 is 0. The van der Waals surface area contributed by atoms with Gasteiger partial charge >= 0.3 is 0 Å². The molecule has 6 heteroatoms. The third-order valence-electron chi connectivity index (χ3n) is 3.52. The molecule has 2 unspecified atom stereocenters. The molecule has 2 atom stereocenters. The first kappa shape index (κ1) is 12.4. The Morgan fingerprint density at radius 2 is 2.06 bits per heavy atom. The zero-order chi connectivity index (χ0) is 12.5. The summed E-state index contributed by atoms with van der Waals surface area (Å²) in [6.07, 6.45) is 2.99. The number of amides is 1. The second-order valence-electron chi connectivity index (χ2n) is 4.77. The van der Waals surface area contributed by atoms with Crippen molar-refractivity contribution in [3.8, 4) is 6.07 Å². The molecule has 0 bridgehead atoms. The molecule has 94 valence electrons. The molecule has 2 heterocycles. The van der Waals surface area contributed by atoms with Gasteiger partial charge in [0.1, 0.15) is 6.04 Å². The lowest BCUT2D eigenvalue weighted by molar-refractivity contribution is -0.137. The van der Waals surface area contributed by atoms with Crippen molar-refractivity contribution in [1.82, 2.24) is 4.90 Å². The van der Waals surface area contributed by atoms with Gasteiger partial charge in [0.25, 0.3) is 0 Å². The predicted molar refractivity (Wildman–Crippen MR) is 61.7 cm³/mol. The summed E-state index contributed by atoms with van der Waals surface area (Å²) in [7, 11) is -3.03. The van der Waals surface area contributed by atoms with Crippen LogP contribution in [0, 0.1) is 17.2 Å². The number of likely N-dealkylation sites (tertiary alicyclic amines) is 1. The second-order valence-corrected chi connectivity index (χ2v) is 7.00. The van der Waals surface area contributed by atoms with Crippen LogP contribution in [0.3, 0.4) is 0 Å². The molecule has 0 aliphatic carbocycles. The molecule has 0 aromatic rings. The van der Waals surface area contributed by atoms with E-state index >= 15 is 0 Å². The number of sulfone groups is 1. The lowest BCUT2D eigenvalue weighted by Gasteiger charge is -2.33. The van der Waals surface area contributed by atoms with E-state index in [1.54, 1.807) is 4.90 Å². The van der Waals surface area contributed by atoms with Gasteiger partial charge < -0.3 is 4.90 Å². The first-order chi connectivity index (χ1) is 8.03. The fourth-order valence-corrected chi connectivity index (χ4v) is 4.29. The van der Waals surface area contributed by atoms with Crippen LogP contribution in [0.5, 0.6) is 0 Å². The third-order valence-corrected chi connectivity index (χ3v) is 5.28. The normalized spacial score (nSPS) is 32.1. The monoisotopic (exact) mass is 256 g/mol. The molecule has 0 saturated carbocycles. The van der Waals surface area contributed by atoms with Crippen LogP contribution in [-0.4, -0.2) is 43.3 Å². The zero-order valence-electron chi connectivity index (χ0n) is 9.63. The van der Waals surface area contributed by atoms with Crippen molar-refractivity contribution in [2.75, 3.05) is 18.1 Å². The fraction of sp³-hybridized carbons (Fsp3) is 0.818. The molecular formula is C11H16N2O3S. The van der Waals surface area contributed by atoms with Crippen molar-refractivity contribution >= 4 is 15.7 Å². The smallest absolute Gasteiger partial charge is 0.227 e. The Balaban J connectivity index is 2.07. The minimum absolute atomic E-state index is 0.0412. The molecule has 17 heavy (non-hydrogen) atoms. The summed E-state index contributed by atoms with van der Waals surface area (Å²) in [5, 5.41) is 8.99. The molecule has 1 amide bonds. The maximum Gasteiger partial charge on any atom is 0.227 e. The van der Waals surface area contributed by atoms with E-state index in [0.717, 1.165) is 12.8 Å². The Morgan fingerprint density at radius 3 is 2.65 bits per heavy atom. The number of hydrogen-bond acceptors (Lipinski definition) is 4. The number of nitrogens with zero attached hydrogens (tertiary/aromatic N) is 2. The Hall–Kier alpha value is -1.09. The SMILES string of the molecule is N#CC1CCCCN1C(=O)C1CCS(=O)(=O)C1. The van der Waals surface area contributed by atoms with Gasteiger partial charge in [-0.2, -0.15) is 5.26 Å². The average molecular weight is 256 g/mol. The summed E-state index contributed by atoms with van der Waals surface area (Å²) in [5.74, 6) is -0.499. The Labute approximate surface area is 101 Å². The van der Waals surface area contributed by atoms with E-state index in [1.165, 1.54) is 0 Å². The number of carbonyl (C=O) groups excluding carboxylic acids is 1. The molecule has 0 spiro atoms. The lowest BCUT2D eigenvalue weighted by Crippen LogP contribution is -2.46. The van der Waals surface area contributed by atoms with Gasteiger partial charge in [0.05, 0.1) is 23.5 Å². The minimum Gasteiger partial charge on any atom is -0.326 e. The summed E-state index contributed by atoms with van der Waals surface area (Å²) < 4.78 is 22.7. The zero-order valence-corrected chi connectivity index (χ0v) is 10.4. The topological polar surface area (TPSA) is 78.2 Å². The van der Waals surface area contributed by atoms with Crippen LogP contribution >= 0.6 is 0 Å². The van der Waals surface area contributed by atoms with Crippen molar-refractivity contribution in [3.63, 3.8) is 0 Å². The van der Waals surface area contributed by atoms with Crippen LogP contribution in [0.25, 0.3) is 0 Å². The maximum atomic E-state index is 12.2. The molecule has 0 aromatic heterocycles. The molecule has 2 rings (SSSR count). The van der Waals surface area contributed by atoms with Gasteiger partial charge in [-0.15, -0.1) is 0 Å². The molecular weight excluding hydrogens is 240 g/mol. The van der Waals surface area contributed by atoms with Gasteiger partial charge in [0.2, 0.25) is 5.91 Å². The number of rotatable bonds is 1. The van der Waals surface area contributed by atoms with Crippen LogP contribution in [0.4, 0.5) is 0 Å². The molecule has 2 fully saturated rings. The summed E-state index contributed by atoms with van der Waals surface area (Å²) in [5.41, 5.74) is 0. The average Bonchev–Trinajstić information content (AvgIpc) is 2.68. The quantitative estimate of drug-likeness (QED) is 0.677.